The Balaban J connectivity index is 1.66. The molecule has 0 saturated carbocycles. The van der Waals surface area contributed by atoms with Crippen molar-refractivity contribution in [3.8, 4) is 0 Å². The van der Waals surface area contributed by atoms with Crippen molar-refractivity contribution in [1.29, 1.82) is 0 Å². The Hall–Kier alpha value is -2.21. The van der Waals surface area contributed by atoms with Crippen LogP contribution in [0.2, 0.25) is 0 Å². The second-order valence-electron chi connectivity index (χ2n) is 4.59. The predicted molar refractivity (Wildman–Crippen MR) is 75.8 cm³/mol. The van der Waals surface area contributed by atoms with Crippen LogP contribution in [0.25, 0.3) is 0 Å². The van der Waals surface area contributed by atoms with Crippen LogP contribution in [0.1, 0.15) is 12.0 Å². The molecule has 0 unspecified atom stereocenters. The Morgan fingerprint density at radius 3 is 2.85 bits per heavy atom. The first kappa shape index (κ1) is 14.2. The number of carbonyl (C=O) groups excluding carboxylic acids is 1. The number of aryl methyl sites for hydroxylation is 1. The molecule has 1 aromatic heterocycles. The summed E-state index contributed by atoms with van der Waals surface area (Å²) in [6, 6.07) is 9.54. The van der Waals surface area contributed by atoms with Crippen molar-refractivity contribution in [3.63, 3.8) is 0 Å². The van der Waals surface area contributed by atoms with E-state index in [1.54, 1.807) is 17.1 Å². The first-order valence-corrected chi connectivity index (χ1v) is 6.67. The van der Waals surface area contributed by atoms with Crippen molar-refractivity contribution >= 4 is 5.91 Å². The molecule has 1 heterocycles. The quantitative estimate of drug-likeness (QED) is 0.762. The number of hydrogen-bond acceptors (Lipinski definition) is 4. The number of nitrogens with zero attached hydrogens (tertiary/aromatic N) is 3. The lowest BCUT2D eigenvalue weighted by Gasteiger charge is -2.12. The molecule has 106 valence electrons. The number of rotatable bonds is 7. The molecule has 6 nitrogen and oxygen atoms in total. The van der Waals surface area contributed by atoms with Gasteiger partial charge in [0, 0.05) is 12.7 Å². The normalized spacial score (nSPS) is 12.1. The van der Waals surface area contributed by atoms with Crippen LogP contribution >= 0.6 is 0 Å². The third kappa shape index (κ3) is 4.47. The van der Waals surface area contributed by atoms with Crippen LogP contribution in [0.3, 0.4) is 0 Å². The molecule has 1 aromatic carbocycles. The van der Waals surface area contributed by atoms with Gasteiger partial charge in [-0.25, -0.2) is 0 Å². The van der Waals surface area contributed by atoms with Crippen LogP contribution in [0.5, 0.6) is 0 Å². The molecule has 0 saturated heterocycles. The molecule has 2 aromatic rings. The highest BCUT2D eigenvalue weighted by Gasteiger charge is 2.12. The maximum Gasteiger partial charge on any atom is 0.236 e. The van der Waals surface area contributed by atoms with E-state index < -0.39 is 6.04 Å². The van der Waals surface area contributed by atoms with Gasteiger partial charge in [-0.3, -0.25) is 9.48 Å². The third-order valence-electron chi connectivity index (χ3n) is 3.04. The average molecular weight is 273 g/mol. The van der Waals surface area contributed by atoms with Crippen LogP contribution in [0.4, 0.5) is 0 Å². The van der Waals surface area contributed by atoms with Gasteiger partial charge >= 0.3 is 0 Å². The molecule has 0 aliphatic carbocycles. The second kappa shape index (κ2) is 7.40. The minimum absolute atomic E-state index is 0.124. The molecule has 1 atom stereocenters. The molecule has 20 heavy (non-hydrogen) atoms. The molecule has 1 amide bonds. The molecule has 0 aliphatic rings. The Morgan fingerprint density at radius 2 is 2.15 bits per heavy atom. The van der Waals surface area contributed by atoms with Crippen molar-refractivity contribution in [1.82, 2.24) is 20.3 Å². The predicted octanol–water partition coefficient (Wildman–Crippen LogP) is 0.354. The zero-order valence-electron chi connectivity index (χ0n) is 11.3. The maximum absolute atomic E-state index is 11.8. The van der Waals surface area contributed by atoms with Gasteiger partial charge in [0.15, 0.2) is 0 Å². The summed E-state index contributed by atoms with van der Waals surface area (Å²) >= 11 is 0. The van der Waals surface area contributed by atoms with Crippen molar-refractivity contribution in [3.05, 3.63) is 48.3 Å². The molecule has 0 spiro atoms. The largest absolute Gasteiger partial charge is 0.353 e. The molecule has 0 radical (unpaired) electrons. The van der Waals surface area contributed by atoms with Gasteiger partial charge in [-0.15, -0.1) is 5.10 Å². The number of carbonyl (C=O) groups is 1. The molecule has 6 heteroatoms. The zero-order valence-corrected chi connectivity index (χ0v) is 11.3. The maximum atomic E-state index is 11.8. The number of nitrogens with one attached hydrogen (secondary N) is 1. The zero-order chi connectivity index (χ0) is 14.2. The summed E-state index contributed by atoms with van der Waals surface area (Å²) in [6.07, 6.45) is 4.80. The summed E-state index contributed by atoms with van der Waals surface area (Å²) in [6.45, 7) is 1.10. The molecular formula is C14H19N5O. The van der Waals surface area contributed by atoms with E-state index in [9.17, 15) is 4.79 Å². The Morgan fingerprint density at radius 1 is 1.35 bits per heavy atom. The van der Waals surface area contributed by atoms with E-state index in [1.165, 1.54) is 5.56 Å². The summed E-state index contributed by atoms with van der Waals surface area (Å²) in [7, 11) is 0. The Labute approximate surface area is 118 Å². The fourth-order valence-corrected chi connectivity index (χ4v) is 1.87. The van der Waals surface area contributed by atoms with Crippen LogP contribution < -0.4 is 11.1 Å². The van der Waals surface area contributed by atoms with Crippen LogP contribution in [0.15, 0.2) is 42.7 Å². The lowest BCUT2D eigenvalue weighted by atomic mass is 10.1. The first-order chi connectivity index (χ1) is 9.75. The third-order valence-corrected chi connectivity index (χ3v) is 3.04. The van der Waals surface area contributed by atoms with Gasteiger partial charge in [0.25, 0.3) is 0 Å². The highest BCUT2D eigenvalue weighted by molar-refractivity contribution is 5.81. The smallest absolute Gasteiger partial charge is 0.236 e. The minimum Gasteiger partial charge on any atom is -0.353 e. The topological polar surface area (TPSA) is 85.8 Å². The summed E-state index contributed by atoms with van der Waals surface area (Å²) in [5, 5.41) is 10.3. The Kier molecular flexibility index (Phi) is 5.25. The van der Waals surface area contributed by atoms with Gasteiger partial charge in [-0.2, -0.15) is 0 Å². The van der Waals surface area contributed by atoms with Gasteiger partial charge in [0.2, 0.25) is 5.91 Å². The highest BCUT2D eigenvalue weighted by Crippen LogP contribution is 2.03. The van der Waals surface area contributed by atoms with Crippen LogP contribution in [0, 0.1) is 0 Å². The monoisotopic (exact) mass is 273 g/mol. The highest BCUT2D eigenvalue weighted by atomic mass is 16.2. The first-order valence-electron chi connectivity index (χ1n) is 6.67. The van der Waals surface area contributed by atoms with Crippen molar-refractivity contribution in [2.24, 2.45) is 5.73 Å². The fraction of sp³-hybridized carbons (Fsp3) is 0.357. The lowest BCUT2D eigenvalue weighted by molar-refractivity contribution is -0.122. The van der Waals surface area contributed by atoms with Gasteiger partial charge < -0.3 is 11.1 Å². The van der Waals surface area contributed by atoms with E-state index in [1.807, 2.05) is 30.3 Å². The molecule has 2 rings (SSSR count). The Bertz CT molecular complexity index is 512. The summed E-state index contributed by atoms with van der Waals surface area (Å²) < 4.78 is 1.66. The average Bonchev–Trinajstić information content (AvgIpc) is 2.99. The minimum atomic E-state index is -0.481. The molecule has 0 bridgehead atoms. The van der Waals surface area contributed by atoms with Gasteiger partial charge in [-0.1, -0.05) is 35.5 Å². The second-order valence-corrected chi connectivity index (χ2v) is 4.59. The molecular weight excluding hydrogens is 254 g/mol. The number of benzene rings is 1. The van der Waals surface area contributed by atoms with Gasteiger partial charge in [0.05, 0.1) is 18.8 Å². The van der Waals surface area contributed by atoms with Crippen LogP contribution in [-0.2, 0) is 17.8 Å². The number of aromatic nitrogens is 3. The van der Waals surface area contributed by atoms with E-state index in [0.29, 0.717) is 19.5 Å². The van der Waals surface area contributed by atoms with Crippen molar-refractivity contribution in [2.45, 2.75) is 25.4 Å². The molecule has 0 aliphatic heterocycles. The van der Waals surface area contributed by atoms with Crippen LogP contribution in [-0.4, -0.2) is 33.5 Å². The summed E-state index contributed by atoms with van der Waals surface area (Å²) in [5.41, 5.74) is 7.07. The van der Waals surface area contributed by atoms with E-state index in [0.717, 1.165) is 6.42 Å². The van der Waals surface area contributed by atoms with E-state index in [4.69, 9.17) is 5.73 Å². The molecule has 0 fully saturated rings. The van der Waals surface area contributed by atoms with Crippen molar-refractivity contribution < 1.29 is 4.79 Å². The lowest BCUT2D eigenvalue weighted by Crippen LogP contribution is -2.42. The van der Waals surface area contributed by atoms with Gasteiger partial charge in [0.1, 0.15) is 0 Å². The standard InChI is InChI=1S/C14H19N5O/c15-13(7-6-12-4-2-1-3-5-12)14(20)16-8-10-19-11-9-17-18-19/h1-5,9,11,13H,6-8,10,15H2,(H,16,20)/t13-/m0/s1. The van der Waals surface area contributed by atoms with E-state index in [-0.39, 0.29) is 5.91 Å². The number of amides is 1. The summed E-state index contributed by atoms with van der Waals surface area (Å²) in [5.74, 6) is -0.124. The molecule has 3 N–H and O–H groups in total. The SMILES string of the molecule is N[C@@H](CCc1ccccc1)C(=O)NCCn1ccnn1. The fourth-order valence-electron chi connectivity index (χ4n) is 1.87. The summed E-state index contributed by atoms with van der Waals surface area (Å²) in [4.78, 5) is 11.8. The van der Waals surface area contributed by atoms with Gasteiger partial charge in [-0.05, 0) is 18.4 Å². The van der Waals surface area contributed by atoms with E-state index in [2.05, 4.69) is 15.6 Å². The number of hydrogen-bond donors (Lipinski definition) is 2. The number of nitrogens with two attached hydrogens (primary N) is 1. The van der Waals surface area contributed by atoms with Crippen molar-refractivity contribution in [2.75, 3.05) is 6.54 Å². The van der Waals surface area contributed by atoms with E-state index >= 15 is 0 Å².